The van der Waals surface area contributed by atoms with Crippen LogP contribution in [0.1, 0.15) is 19.4 Å². The molecule has 0 atom stereocenters. The van der Waals surface area contributed by atoms with Gasteiger partial charge in [-0.3, -0.25) is 4.79 Å². The Bertz CT molecular complexity index is 426. The molecule has 0 unspecified atom stereocenters. The number of carbonyl (C=O) groups is 1. The highest BCUT2D eigenvalue weighted by atomic mass is 79.9. The second kappa shape index (κ2) is 3.07. The van der Waals surface area contributed by atoms with Crippen molar-refractivity contribution in [2.75, 3.05) is 5.32 Å². The summed E-state index contributed by atoms with van der Waals surface area (Å²) in [6, 6.07) is 3.88. The molecule has 74 valence electrons. The summed E-state index contributed by atoms with van der Waals surface area (Å²) in [4.78, 5) is 11.7. The van der Waals surface area contributed by atoms with Crippen molar-refractivity contribution in [2.45, 2.75) is 19.3 Å². The van der Waals surface area contributed by atoms with Crippen molar-refractivity contribution in [3.05, 3.63) is 26.6 Å². The van der Waals surface area contributed by atoms with Gasteiger partial charge in [0.05, 0.1) is 5.41 Å². The van der Waals surface area contributed by atoms with Crippen LogP contribution in [0.2, 0.25) is 0 Å². The number of fused-ring (bicyclic) bond motifs is 1. The zero-order chi connectivity index (χ0) is 10.5. The van der Waals surface area contributed by atoms with Gasteiger partial charge < -0.3 is 5.32 Å². The third kappa shape index (κ3) is 1.32. The summed E-state index contributed by atoms with van der Waals surface area (Å²) in [5.41, 5.74) is 1.47. The van der Waals surface area contributed by atoms with E-state index in [1.165, 1.54) is 0 Å². The fourth-order valence-corrected chi connectivity index (χ4v) is 3.42. The zero-order valence-electron chi connectivity index (χ0n) is 7.82. The lowest BCUT2D eigenvalue weighted by atomic mass is 9.86. The van der Waals surface area contributed by atoms with E-state index in [1.807, 2.05) is 26.0 Å². The maximum Gasteiger partial charge on any atom is 0.234 e. The van der Waals surface area contributed by atoms with E-state index in [2.05, 4.69) is 37.2 Å². The number of halogens is 2. The van der Waals surface area contributed by atoms with Crippen molar-refractivity contribution in [3.8, 4) is 0 Å². The first-order valence-electron chi connectivity index (χ1n) is 4.24. The van der Waals surface area contributed by atoms with E-state index in [0.29, 0.717) is 0 Å². The van der Waals surface area contributed by atoms with E-state index >= 15 is 0 Å². The quantitative estimate of drug-likeness (QED) is 0.780. The summed E-state index contributed by atoms with van der Waals surface area (Å²) in [6.45, 7) is 3.85. The molecule has 0 spiro atoms. The lowest BCUT2D eigenvalue weighted by molar-refractivity contribution is -0.119. The van der Waals surface area contributed by atoms with Crippen LogP contribution >= 0.6 is 31.9 Å². The van der Waals surface area contributed by atoms with E-state index in [4.69, 9.17) is 0 Å². The number of carbonyl (C=O) groups excluding carboxylic acids is 1. The summed E-state index contributed by atoms with van der Waals surface area (Å²) in [7, 11) is 0. The van der Waals surface area contributed by atoms with Crippen molar-refractivity contribution < 1.29 is 4.79 Å². The highest BCUT2D eigenvalue weighted by Gasteiger charge is 2.40. The van der Waals surface area contributed by atoms with Crippen LogP contribution in [-0.4, -0.2) is 5.91 Å². The Morgan fingerprint density at radius 2 is 1.93 bits per heavy atom. The lowest BCUT2D eigenvalue weighted by Gasteiger charge is -2.16. The molecular weight excluding hydrogens is 310 g/mol. The van der Waals surface area contributed by atoms with Crippen LogP contribution < -0.4 is 5.32 Å². The number of amides is 1. The topological polar surface area (TPSA) is 29.1 Å². The van der Waals surface area contributed by atoms with E-state index in [1.54, 1.807) is 0 Å². The van der Waals surface area contributed by atoms with Crippen LogP contribution in [-0.2, 0) is 10.2 Å². The Morgan fingerprint density at radius 1 is 1.29 bits per heavy atom. The van der Waals surface area contributed by atoms with Gasteiger partial charge >= 0.3 is 0 Å². The summed E-state index contributed by atoms with van der Waals surface area (Å²) >= 11 is 6.87. The van der Waals surface area contributed by atoms with Gasteiger partial charge in [0, 0.05) is 20.2 Å². The van der Waals surface area contributed by atoms with Crippen LogP contribution in [0.5, 0.6) is 0 Å². The molecule has 0 saturated heterocycles. The van der Waals surface area contributed by atoms with Crippen LogP contribution in [0.3, 0.4) is 0 Å². The second-order valence-electron chi connectivity index (χ2n) is 3.89. The predicted octanol–water partition coefficient (Wildman–Crippen LogP) is 3.44. The molecule has 4 heteroatoms. The van der Waals surface area contributed by atoms with Gasteiger partial charge in [0.1, 0.15) is 0 Å². The van der Waals surface area contributed by atoms with Crippen molar-refractivity contribution in [1.82, 2.24) is 0 Å². The van der Waals surface area contributed by atoms with Gasteiger partial charge in [0.2, 0.25) is 5.91 Å². The van der Waals surface area contributed by atoms with E-state index in [0.717, 1.165) is 20.2 Å². The molecule has 1 aromatic rings. The van der Waals surface area contributed by atoms with E-state index < -0.39 is 5.41 Å². The van der Waals surface area contributed by atoms with Gasteiger partial charge in [0.15, 0.2) is 0 Å². The fraction of sp³-hybridized carbons (Fsp3) is 0.300. The van der Waals surface area contributed by atoms with Crippen LogP contribution in [0.4, 0.5) is 5.69 Å². The minimum Gasteiger partial charge on any atom is -0.325 e. The molecule has 1 aliphatic heterocycles. The van der Waals surface area contributed by atoms with Gasteiger partial charge in [-0.25, -0.2) is 0 Å². The van der Waals surface area contributed by atoms with Gasteiger partial charge in [-0.2, -0.15) is 0 Å². The second-order valence-corrected chi connectivity index (χ2v) is 5.66. The summed E-state index contributed by atoms with van der Waals surface area (Å²) in [5.74, 6) is 0.0475. The minimum absolute atomic E-state index is 0.0475. The first-order chi connectivity index (χ1) is 6.43. The molecule has 0 bridgehead atoms. The third-order valence-electron chi connectivity index (χ3n) is 2.50. The van der Waals surface area contributed by atoms with Gasteiger partial charge in [-0.1, -0.05) is 31.9 Å². The van der Waals surface area contributed by atoms with Crippen molar-refractivity contribution in [1.29, 1.82) is 0 Å². The number of hydrogen-bond donors (Lipinski definition) is 1. The highest BCUT2D eigenvalue weighted by molar-refractivity contribution is 9.11. The molecule has 2 nitrogen and oxygen atoms in total. The average Bonchev–Trinajstić information content (AvgIpc) is 2.21. The standard InChI is InChI=1S/C10H9Br2NO/c1-10(2)8-6(12)3-5(11)4-7(8)13-9(10)14/h3-4H,1-2H3,(H,13,14). The Balaban J connectivity index is 2.71. The van der Waals surface area contributed by atoms with Gasteiger partial charge in [-0.15, -0.1) is 0 Å². The lowest BCUT2D eigenvalue weighted by Crippen LogP contribution is -2.27. The minimum atomic E-state index is -0.450. The maximum atomic E-state index is 11.7. The molecule has 1 N–H and O–H groups in total. The molecule has 1 aliphatic rings. The van der Waals surface area contributed by atoms with Crippen LogP contribution in [0.25, 0.3) is 0 Å². The normalized spacial score (nSPS) is 17.9. The van der Waals surface area contributed by atoms with Crippen molar-refractivity contribution in [2.24, 2.45) is 0 Å². The smallest absolute Gasteiger partial charge is 0.234 e. The molecule has 0 aliphatic carbocycles. The SMILES string of the molecule is CC1(C)C(=O)Nc2cc(Br)cc(Br)c21. The summed E-state index contributed by atoms with van der Waals surface area (Å²) < 4.78 is 1.92. The molecule has 1 amide bonds. The van der Waals surface area contributed by atoms with Crippen LogP contribution in [0.15, 0.2) is 21.1 Å². The molecule has 0 radical (unpaired) electrons. The summed E-state index contributed by atoms with van der Waals surface area (Å²) in [6.07, 6.45) is 0. The Labute approximate surface area is 99.3 Å². The average molecular weight is 319 g/mol. The van der Waals surface area contributed by atoms with E-state index in [-0.39, 0.29) is 5.91 Å². The fourth-order valence-electron chi connectivity index (χ4n) is 1.70. The third-order valence-corrected chi connectivity index (χ3v) is 3.58. The maximum absolute atomic E-state index is 11.7. The van der Waals surface area contributed by atoms with Crippen molar-refractivity contribution >= 4 is 43.5 Å². The van der Waals surface area contributed by atoms with Gasteiger partial charge in [0.25, 0.3) is 0 Å². The molecule has 2 rings (SSSR count). The Morgan fingerprint density at radius 3 is 2.57 bits per heavy atom. The largest absolute Gasteiger partial charge is 0.325 e. The van der Waals surface area contributed by atoms with E-state index in [9.17, 15) is 4.79 Å². The first kappa shape index (κ1) is 10.2. The molecular formula is C10H9Br2NO. The molecule has 0 saturated carbocycles. The molecule has 0 fully saturated rings. The highest BCUT2D eigenvalue weighted by Crippen LogP contribution is 2.43. The first-order valence-corrected chi connectivity index (χ1v) is 5.82. The Kier molecular flexibility index (Phi) is 2.23. The number of benzene rings is 1. The molecule has 14 heavy (non-hydrogen) atoms. The van der Waals surface area contributed by atoms with Crippen molar-refractivity contribution in [3.63, 3.8) is 0 Å². The number of hydrogen-bond acceptors (Lipinski definition) is 1. The molecule has 1 heterocycles. The zero-order valence-corrected chi connectivity index (χ0v) is 11.0. The molecule has 1 aromatic carbocycles. The number of anilines is 1. The Hall–Kier alpha value is -0.350. The molecule has 0 aromatic heterocycles. The predicted molar refractivity (Wildman–Crippen MR) is 63.5 cm³/mol. The number of rotatable bonds is 0. The number of nitrogens with one attached hydrogen (secondary N) is 1. The summed E-state index contributed by atoms with van der Waals surface area (Å²) in [5, 5.41) is 2.87. The van der Waals surface area contributed by atoms with Crippen LogP contribution in [0, 0.1) is 0 Å². The van der Waals surface area contributed by atoms with Gasteiger partial charge in [-0.05, 0) is 26.0 Å². The monoisotopic (exact) mass is 317 g/mol.